The van der Waals surface area contributed by atoms with E-state index in [0.717, 1.165) is 16.7 Å². The minimum Gasteiger partial charge on any atom is -0.448 e. The zero-order valence-electron chi connectivity index (χ0n) is 43.1. The van der Waals surface area contributed by atoms with E-state index in [9.17, 15) is 44.7 Å². The van der Waals surface area contributed by atoms with E-state index in [0.29, 0.717) is 18.0 Å². The summed E-state index contributed by atoms with van der Waals surface area (Å²) >= 11 is 0. The highest BCUT2D eigenvalue weighted by molar-refractivity contribution is 7.46. The number of nitrogens with one attached hydrogen (secondary N) is 1. The minimum atomic E-state index is -5.15. The Balaban J connectivity index is 1.74. The lowest BCUT2D eigenvalue weighted by atomic mass is 9.72. The number of hydrogen-bond donors (Lipinski definition) is 8. The second-order valence-electron chi connectivity index (χ2n) is 19.9. The molecule has 0 aliphatic carbocycles. The van der Waals surface area contributed by atoms with Crippen molar-refractivity contribution in [2.24, 2.45) is 23.2 Å². The third-order valence-corrected chi connectivity index (χ3v) is 14.5. The zero-order valence-corrected chi connectivity index (χ0v) is 44.0. The van der Waals surface area contributed by atoms with Gasteiger partial charge in [0.15, 0.2) is 17.8 Å². The van der Waals surface area contributed by atoms with Crippen molar-refractivity contribution in [3.8, 4) is 6.07 Å². The molecule has 70 heavy (non-hydrogen) atoms. The Bertz CT molecular complexity index is 2080. The lowest BCUT2D eigenvalue weighted by molar-refractivity contribution is -0.334. The summed E-state index contributed by atoms with van der Waals surface area (Å²) in [5.41, 5.74) is 1.87. The summed E-state index contributed by atoms with van der Waals surface area (Å²) in [7, 11) is 1.12. The molecule has 1 aromatic heterocycles. The predicted octanol–water partition coefficient (Wildman–Crippen LogP) is 4.69. The summed E-state index contributed by atoms with van der Waals surface area (Å²) in [6.07, 6.45) is 4.10. The normalized spacial score (nSPS) is 27.6. The van der Waals surface area contributed by atoms with Crippen LogP contribution in [0.2, 0.25) is 0 Å². The second-order valence-corrected chi connectivity index (χ2v) is 21.1. The Morgan fingerprint density at radius 1 is 1.09 bits per heavy atom. The van der Waals surface area contributed by atoms with Crippen LogP contribution in [0.25, 0.3) is 6.08 Å². The average Bonchev–Trinajstić information content (AvgIpc) is 3.84. The largest absolute Gasteiger partial charge is 0.469 e. The number of aliphatic hydroxyl groups excluding tert-OH is 5. The van der Waals surface area contributed by atoms with Crippen molar-refractivity contribution in [1.29, 1.82) is 5.26 Å². The van der Waals surface area contributed by atoms with Crippen LogP contribution >= 0.6 is 7.82 Å². The summed E-state index contributed by atoms with van der Waals surface area (Å²) in [4.78, 5) is 39.2. The molecule has 2 fully saturated rings. The quantitative estimate of drug-likeness (QED) is 0.0355. The number of phosphoric acid groups is 1. The molecule has 0 saturated carbocycles. The van der Waals surface area contributed by atoms with Crippen molar-refractivity contribution < 1.29 is 72.6 Å². The van der Waals surface area contributed by atoms with Crippen LogP contribution in [-0.4, -0.2) is 159 Å². The van der Waals surface area contributed by atoms with E-state index in [1.54, 1.807) is 45.8 Å². The number of oxazole rings is 1. The molecule has 1 amide bonds. The zero-order chi connectivity index (χ0) is 52.9. The number of hydrogen-bond acceptors (Lipinski definition) is 16. The van der Waals surface area contributed by atoms with E-state index >= 15 is 0 Å². The number of carbonyl (C=O) groups is 1. The fraction of sp³-hybridized carbons (Fsp3) is 0.700. The van der Waals surface area contributed by atoms with E-state index in [4.69, 9.17) is 33.2 Å². The lowest BCUT2D eigenvalue weighted by Gasteiger charge is -2.50. The Hall–Kier alpha value is -3.42. The fourth-order valence-electron chi connectivity index (χ4n) is 8.96. The van der Waals surface area contributed by atoms with Crippen LogP contribution in [0, 0.1) is 34.5 Å². The third-order valence-electron chi connectivity index (χ3n) is 14.0. The van der Waals surface area contributed by atoms with Crippen molar-refractivity contribution >= 4 is 19.8 Å². The number of aromatic nitrogens is 1. The summed E-state index contributed by atoms with van der Waals surface area (Å²) < 4.78 is 48.2. The van der Waals surface area contributed by atoms with Crippen molar-refractivity contribution in [3.63, 3.8) is 0 Å². The van der Waals surface area contributed by atoms with Gasteiger partial charge in [-0.3, -0.25) is 9.32 Å². The van der Waals surface area contributed by atoms with E-state index in [1.165, 1.54) is 26.6 Å². The molecule has 0 bridgehead atoms. The van der Waals surface area contributed by atoms with Gasteiger partial charge in [-0.15, -0.1) is 0 Å². The Morgan fingerprint density at radius 2 is 1.76 bits per heavy atom. The number of amides is 1. The van der Waals surface area contributed by atoms with Gasteiger partial charge in [-0.25, -0.2) is 9.55 Å². The van der Waals surface area contributed by atoms with Gasteiger partial charge in [0.05, 0.1) is 49.2 Å². The van der Waals surface area contributed by atoms with Crippen molar-refractivity contribution in [3.05, 3.63) is 71.0 Å². The molecule has 2 aliphatic heterocycles. The number of nitrogens with zero attached hydrogens (tertiary/aromatic N) is 3. The molecule has 3 rings (SSSR count). The maximum atomic E-state index is 12.6. The molecule has 20 heteroatoms. The van der Waals surface area contributed by atoms with Crippen LogP contribution in [0.3, 0.4) is 0 Å². The first kappa shape index (κ1) is 60.9. The van der Waals surface area contributed by atoms with Gasteiger partial charge in [0.2, 0.25) is 0 Å². The molecule has 15 atom stereocenters. The molecule has 1 aromatic rings. The van der Waals surface area contributed by atoms with Crippen LogP contribution in [0.1, 0.15) is 105 Å². The minimum absolute atomic E-state index is 0.0645. The summed E-state index contributed by atoms with van der Waals surface area (Å²) in [6.45, 7) is 16.6. The number of methoxy groups -OCH3 is 2. The van der Waals surface area contributed by atoms with E-state index < -0.39 is 97.7 Å². The standard InChI is InChI=1S/C50H81N4O15P/c1-29(20-22-51)16-14-17-30(2)32(4)24-33(5)42(57)35(7)38(55)25-41(65-13)45-46(69-70(61,62)63)49(8,9)50(68-45)26-39(56)34(6)40(67-50)19-15-18-36-27-66-48(53-36)31(3)21-23-52-47(60)44(59)43(58)37(28-64-12)54(10)11/h14-18,20,24,27,31,33-35,37-46,55-59H,19,21,23,25-26,28H2,1-13H3,(H,52,60)(H2,61,62,63)/b16-14?,18-15?,29-20+,30-17?,32-24?. The molecular weight excluding hydrogens is 928 g/mol. The van der Waals surface area contributed by atoms with Crippen LogP contribution in [-0.2, 0) is 32.8 Å². The van der Waals surface area contributed by atoms with Gasteiger partial charge in [-0.1, -0.05) is 77.5 Å². The monoisotopic (exact) mass is 1010 g/mol. The summed E-state index contributed by atoms with van der Waals surface area (Å²) in [6, 6.07) is 1.40. The number of nitriles is 1. The van der Waals surface area contributed by atoms with Gasteiger partial charge < -0.3 is 68.9 Å². The highest BCUT2D eigenvalue weighted by atomic mass is 31.2. The van der Waals surface area contributed by atoms with Crippen LogP contribution < -0.4 is 5.32 Å². The van der Waals surface area contributed by atoms with E-state index in [1.807, 2.05) is 78.0 Å². The first-order valence-corrected chi connectivity index (χ1v) is 25.4. The Labute approximate surface area is 414 Å². The molecule has 396 valence electrons. The third kappa shape index (κ3) is 16.3. The molecular formula is C50H81N4O15P. The van der Waals surface area contributed by atoms with Crippen molar-refractivity contribution in [2.75, 3.05) is 41.5 Å². The number of rotatable bonds is 26. The topological polar surface area (TPSA) is 287 Å². The van der Waals surface area contributed by atoms with Gasteiger partial charge in [0, 0.05) is 68.8 Å². The highest BCUT2D eigenvalue weighted by Crippen LogP contribution is 2.59. The Kier molecular flexibility index (Phi) is 23.5. The number of allylic oxidation sites excluding steroid dienone is 7. The van der Waals surface area contributed by atoms with Gasteiger partial charge in [0.1, 0.15) is 30.3 Å². The van der Waals surface area contributed by atoms with Gasteiger partial charge in [-0.05, 0) is 64.9 Å². The van der Waals surface area contributed by atoms with Gasteiger partial charge in [-0.2, -0.15) is 5.26 Å². The second kappa shape index (κ2) is 27.0. The molecule has 8 N–H and O–H groups in total. The molecule has 0 radical (unpaired) electrons. The lowest BCUT2D eigenvalue weighted by Crippen LogP contribution is -2.58. The summed E-state index contributed by atoms with van der Waals surface area (Å²) in [5.74, 6) is -3.63. The molecule has 15 unspecified atom stereocenters. The fourth-order valence-corrected chi connectivity index (χ4v) is 9.64. The molecule has 3 heterocycles. The predicted molar refractivity (Wildman–Crippen MR) is 262 cm³/mol. The Morgan fingerprint density at radius 3 is 2.36 bits per heavy atom. The average molecular weight is 1010 g/mol. The first-order valence-electron chi connectivity index (χ1n) is 23.8. The molecule has 2 aliphatic rings. The van der Waals surface area contributed by atoms with Crippen LogP contribution in [0.15, 0.2) is 63.9 Å². The first-order chi connectivity index (χ1) is 32.6. The van der Waals surface area contributed by atoms with Gasteiger partial charge >= 0.3 is 7.82 Å². The van der Waals surface area contributed by atoms with Gasteiger partial charge in [0.25, 0.3) is 5.91 Å². The highest BCUT2D eigenvalue weighted by Gasteiger charge is 2.68. The number of ether oxygens (including phenoxy) is 4. The van der Waals surface area contributed by atoms with Crippen LogP contribution in [0.4, 0.5) is 0 Å². The summed E-state index contributed by atoms with van der Waals surface area (Å²) in [5, 5.41) is 67.1. The maximum Gasteiger partial charge on any atom is 0.469 e. The number of phosphoric ester groups is 1. The molecule has 19 nitrogen and oxygen atoms in total. The molecule has 0 aromatic carbocycles. The van der Waals surface area contributed by atoms with Crippen molar-refractivity contribution in [2.45, 2.75) is 161 Å². The van der Waals surface area contributed by atoms with Crippen molar-refractivity contribution in [1.82, 2.24) is 15.2 Å². The molecule has 2 saturated heterocycles. The number of aliphatic hydroxyl groups is 5. The smallest absolute Gasteiger partial charge is 0.448 e. The SMILES string of the molecule is COCC(C(O)C(O)C(=O)NCCC(C)c1nc(C=CCC2OC3(CC(O)C2C)OC(C(CC(O)C(C)C(O)C(C)C=C(C)C(C)=CC=C/C(C)=C/C#N)OC)C(OP(=O)(O)O)C3(C)C)co1)N(C)C. The van der Waals surface area contributed by atoms with E-state index in [-0.39, 0.29) is 44.2 Å². The van der Waals surface area contributed by atoms with E-state index in [2.05, 4.69) is 10.3 Å². The molecule has 1 spiro atoms. The van der Waals surface area contributed by atoms with Crippen LogP contribution in [0.5, 0.6) is 0 Å². The maximum absolute atomic E-state index is 12.6. The number of carbonyl (C=O) groups excluding carboxylic acids is 1. The number of likely N-dealkylation sites (N-methyl/N-ethyl adjacent to an activating group) is 1.